The molecule has 0 aliphatic carbocycles. The van der Waals surface area contributed by atoms with E-state index in [9.17, 15) is 17.6 Å². The van der Waals surface area contributed by atoms with Gasteiger partial charge in [0.15, 0.2) is 0 Å². The SMILES string of the molecule is CN(C)S(=O)(=O)N(CC(=O)N[C@H]1CC(C)(C)Oc2ccccc21)c1ccc(F)cc1. The van der Waals surface area contributed by atoms with Gasteiger partial charge >= 0.3 is 10.2 Å². The first kappa shape index (κ1) is 22.0. The molecule has 0 spiro atoms. The Morgan fingerprint density at radius 3 is 2.43 bits per heavy atom. The van der Waals surface area contributed by atoms with Crippen molar-refractivity contribution in [2.75, 3.05) is 24.9 Å². The van der Waals surface area contributed by atoms with Crippen molar-refractivity contribution < 1.29 is 22.3 Å². The van der Waals surface area contributed by atoms with E-state index in [2.05, 4.69) is 5.32 Å². The third kappa shape index (κ3) is 4.73. The molecule has 0 aromatic heterocycles. The van der Waals surface area contributed by atoms with Crippen LogP contribution in [0.25, 0.3) is 0 Å². The van der Waals surface area contributed by atoms with Gasteiger partial charge in [0.25, 0.3) is 0 Å². The zero-order valence-electron chi connectivity index (χ0n) is 17.4. The molecule has 2 aromatic carbocycles. The summed E-state index contributed by atoms with van der Waals surface area (Å²) in [5.41, 5.74) is 0.556. The number of nitrogens with one attached hydrogen (secondary N) is 1. The maximum absolute atomic E-state index is 13.3. The molecule has 1 heterocycles. The minimum atomic E-state index is -3.97. The van der Waals surface area contributed by atoms with E-state index >= 15 is 0 Å². The molecular weight excluding hydrogens is 409 g/mol. The number of anilines is 1. The van der Waals surface area contributed by atoms with Crippen LogP contribution in [0.1, 0.15) is 31.9 Å². The standard InChI is InChI=1S/C21H26FN3O4S/c1-21(2)13-18(17-7-5-6-8-19(17)29-21)23-20(26)14-25(30(27,28)24(3)4)16-11-9-15(22)10-12-16/h5-12,18H,13-14H2,1-4H3,(H,23,26)/t18-/m0/s1. The van der Waals surface area contributed by atoms with Gasteiger partial charge in [-0.05, 0) is 44.2 Å². The molecule has 1 N–H and O–H groups in total. The molecule has 1 aliphatic rings. The number of benzene rings is 2. The maximum atomic E-state index is 13.3. The van der Waals surface area contributed by atoms with Crippen LogP contribution in [0, 0.1) is 5.82 Å². The number of carbonyl (C=O) groups excluding carboxylic acids is 1. The topological polar surface area (TPSA) is 79.0 Å². The molecule has 1 atom stereocenters. The predicted molar refractivity (Wildman–Crippen MR) is 113 cm³/mol. The van der Waals surface area contributed by atoms with E-state index in [0.29, 0.717) is 12.2 Å². The number of fused-ring (bicyclic) bond motifs is 1. The zero-order chi connectivity index (χ0) is 22.1. The molecule has 0 radical (unpaired) electrons. The van der Waals surface area contributed by atoms with Crippen molar-refractivity contribution in [2.45, 2.75) is 31.9 Å². The van der Waals surface area contributed by atoms with Crippen molar-refractivity contribution in [1.82, 2.24) is 9.62 Å². The molecule has 0 unspecified atom stereocenters. The Bertz CT molecular complexity index is 1020. The second-order valence-electron chi connectivity index (χ2n) is 8.00. The Kier molecular flexibility index (Phi) is 6.05. The van der Waals surface area contributed by atoms with Crippen molar-refractivity contribution in [2.24, 2.45) is 0 Å². The van der Waals surface area contributed by atoms with Crippen molar-refractivity contribution in [1.29, 1.82) is 0 Å². The van der Waals surface area contributed by atoms with Gasteiger partial charge in [0.2, 0.25) is 5.91 Å². The highest BCUT2D eigenvalue weighted by Crippen LogP contribution is 2.39. The Morgan fingerprint density at radius 1 is 1.17 bits per heavy atom. The highest BCUT2D eigenvalue weighted by Gasteiger charge is 2.35. The summed E-state index contributed by atoms with van der Waals surface area (Å²) in [7, 11) is -1.21. The van der Waals surface area contributed by atoms with Crippen LogP contribution in [0.3, 0.4) is 0 Å². The molecule has 1 amide bonds. The number of amides is 1. The van der Waals surface area contributed by atoms with E-state index < -0.39 is 34.1 Å². The van der Waals surface area contributed by atoms with E-state index in [1.54, 1.807) is 0 Å². The number of hydrogen-bond acceptors (Lipinski definition) is 4. The highest BCUT2D eigenvalue weighted by molar-refractivity contribution is 7.90. The lowest BCUT2D eigenvalue weighted by Gasteiger charge is -2.38. The molecule has 2 aromatic rings. The van der Waals surface area contributed by atoms with Gasteiger partial charge in [0, 0.05) is 26.1 Å². The number of para-hydroxylation sites is 1. The highest BCUT2D eigenvalue weighted by atomic mass is 32.2. The van der Waals surface area contributed by atoms with Gasteiger partial charge in [0.1, 0.15) is 23.7 Å². The van der Waals surface area contributed by atoms with Crippen LogP contribution in [-0.2, 0) is 15.0 Å². The summed E-state index contributed by atoms with van der Waals surface area (Å²) in [5, 5.41) is 2.94. The van der Waals surface area contributed by atoms with Gasteiger partial charge < -0.3 is 10.1 Å². The Hall–Kier alpha value is -2.65. The third-order valence-electron chi connectivity index (χ3n) is 4.85. The fourth-order valence-corrected chi connectivity index (χ4v) is 4.47. The molecular formula is C21H26FN3O4S. The Balaban J connectivity index is 1.86. The number of carbonyl (C=O) groups is 1. The fraction of sp³-hybridized carbons (Fsp3) is 0.381. The summed E-state index contributed by atoms with van der Waals surface area (Å²) in [6.07, 6.45) is 0.534. The number of rotatable bonds is 6. The van der Waals surface area contributed by atoms with Crippen molar-refractivity contribution >= 4 is 21.8 Å². The Morgan fingerprint density at radius 2 is 1.80 bits per heavy atom. The molecule has 0 fully saturated rings. The lowest BCUT2D eigenvalue weighted by molar-refractivity contribution is -0.120. The van der Waals surface area contributed by atoms with Gasteiger partial charge in [0.05, 0.1) is 11.7 Å². The monoisotopic (exact) mass is 435 g/mol. The van der Waals surface area contributed by atoms with E-state index in [0.717, 1.165) is 26.3 Å². The van der Waals surface area contributed by atoms with E-state index in [1.165, 1.54) is 26.2 Å². The molecule has 3 rings (SSSR count). The number of ether oxygens (including phenoxy) is 1. The van der Waals surface area contributed by atoms with Crippen LogP contribution in [0.2, 0.25) is 0 Å². The van der Waals surface area contributed by atoms with Crippen LogP contribution in [-0.4, -0.2) is 44.9 Å². The second-order valence-corrected chi connectivity index (χ2v) is 10.1. The molecule has 7 nitrogen and oxygen atoms in total. The van der Waals surface area contributed by atoms with Gasteiger partial charge in [-0.3, -0.25) is 4.79 Å². The smallest absolute Gasteiger partial charge is 0.304 e. The van der Waals surface area contributed by atoms with Crippen LogP contribution in [0.5, 0.6) is 5.75 Å². The minimum Gasteiger partial charge on any atom is -0.487 e. The molecule has 0 bridgehead atoms. The Labute approximate surface area is 176 Å². The normalized spacial score (nSPS) is 17.7. The first-order valence-electron chi connectivity index (χ1n) is 9.53. The summed E-state index contributed by atoms with van der Waals surface area (Å²) >= 11 is 0. The molecule has 0 saturated heterocycles. The minimum absolute atomic E-state index is 0.202. The van der Waals surface area contributed by atoms with Gasteiger partial charge in [-0.2, -0.15) is 12.7 Å². The van der Waals surface area contributed by atoms with Crippen molar-refractivity contribution in [3.63, 3.8) is 0 Å². The molecule has 30 heavy (non-hydrogen) atoms. The van der Waals surface area contributed by atoms with E-state index in [-0.39, 0.29) is 11.7 Å². The van der Waals surface area contributed by atoms with Crippen LogP contribution < -0.4 is 14.4 Å². The molecule has 9 heteroatoms. The lowest BCUT2D eigenvalue weighted by Crippen LogP contribution is -2.48. The quantitative estimate of drug-likeness (QED) is 0.757. The lowest BCUT2D eigenvalue weighted by atomic mass is 9.89. The summed E-state index contributed by atoms with van der Waals surface area (Å²) < 4.78 is 46.9. The summed E-state index contributed by atoms with van der Waals surface area (Å²) in [5.74, 6) is -0.274. The molecule has 162 valence electrons. The average molecular weight is 436 g/mol. The number of hydrogen-bond donors (Lipinski definition) is 1. The van der Waals surface area contributed by atoms with Crippen molar-refractivity contribution in [3.8, 4) is 5.75 Å². The zero-order valence-corrected chi connectivity index (χ0v) is 18.2. The van der Waals surface area contributed by atoms with Crippen molar-refractivity contribution in [3.05, 3.63) is 59.9 Å². The first-order chi connectivity index (χ1) is 14.0. The maximum Gasteiger partial charge on any atom is 0.304 e. The fourth-order valence-electron chi connectivity index (χ4n) is 3.41. The summed E-state index contributed by atoms with van der Waals surface area (Å²) in [6.45, 7) is 3.43. The van der Waals surface area contributed by atoms with Gasteiger partial charge in [-0.1, -0.05) is 18.2 Å². The van der Waals surface area contributed by atoms with E-state index in [1.807, 2.05) is 38.1 Å². The molecule has 1 aliphatic heterocycles. The van der Waals surface area contributed by atoms with Gasteiger partial charge in [-0.15, -0.1) is 0 Å². The van der Waals surface area contributed by atoms with E-state index in [4.69, 9.17) is 4.74 Å². The third-order valence-corrected chi connectivity index (χ3v) is 6.67. The predicted octanol–water partition coefficient (Wildman–Crippen LogP) is 2.86. The van der Waals surface area contributed by atoms with Crippen LogP contribution >= 0.6 is 0 Å². The second kappa shape index (κ2) is 8.23. The van der Waals surface area contributed by atoms with Crippen LogP contribution in [0.15, 0.2) is 48.5 Å². The van der Waals surface area contributed by atoms with Crippen LogP contribution in [0.4, 0.5) is 10.1 Å². The van der Waals surface area contributed by atoms with Gasteiger partial charge in [-0.25, -0.2) is 8.70 Å². The largest absolute Gasteiger partial charge is 0.487 e. The first-order valence-corrected chi connectivity index (χ1v) is 10.9. The molecule has 0 saturated carbocycles. The number of nitrogens with zero attached hydrogens (tertiary/aromatic N) is 2. The summed E-state index contributed by atoms with van der Waals surface area (Å²) in [4.78, 5) is 12.9. The number of halogens is 1. The summed E-state index contributed by atoms with van der Waals surface area (Å²) in [6, 6.07) is 12.1. The average Bonchev–Trinajstić information content (AvgIpc) is 2.66.